The van der Waals surface area contributed by atoms with Crippen LogP contribution in [0, 0.1) is 5.92 Å². The highest BCUT2D eigenvalue weighted by Gasteiger charge is 2.37. The number of nitrogens with zero attached hydrogens (tertiary/aromatic N) is 1. The second-order valence-electron chi connectivity index (χ2n) is 6.25. The van der Waals surface area contributed by atoms with Crippen LogP contribution in [0.25, 0.3) is 0 Å². The van der Waals surface area contributed by atoms with Crippen molar-refractivity contribution in [3.63, 3.8) is 0 Å². The van der Waals surface area contributed by atoms with Gasteiger partial charge in [0.25, 0.3) is 0 Å². The maximum absolute atomic E-state index is 12.9. The molecule has 2 aliphatic rings. The van der Waals surface area contributed by atoms with Crippen molar-refractivity contribution in [2.24, 2.45) is 5.92 Å². The Hall–Kier alpha value is -2.24. The predicted octanol–water partition coefficient (Wildman–Crippen LogP) is 1.80. The lowest BCUT2D eigenvalue weighted by atomic mass is 9.93. The molecule has 6 nitrogen and oxygen atoms in total. The Bertz CT molecular complexity index is 630. The van der Waals surface area contributed by atoms with Gasteiger partial charge < -0.3 is 19.1 Å². The largest absolute Gasteiger partial charge is 0.497 e. The van der Waals surface area contributed by atoms with Crippen molar-refractivity contribution < 1.29 is 23.8 Å². The van der Waals surface area contributed by atoms with Gasteiger partial charge in [-0.15, -0.1) is 0 Å². The van der Waals surface area contributed by atoms with E-state index in [4.69, 9.17) is 14.2 Å². The smallest absolute Gasteiger partial charge is 0.328 e. The molecule has 24 heavy (non-hydrogen) atoms. The number of benzene rings is 1. The molecule has 2 atom stereocenters. The number of fused-ring (bicyclic) bond motifs is 1. The molecule has 130 valence electrons. The summed E-state index contributed by atoms with van der Waals surface area (Å²) in [6.07, 6.45) is 3.14. The molecule has 0 aromatic heterocycles. The Balaban J connectivity index is 1.74. The van der Waals surface area contributed by atoms with Crippen LogP contribution in [-0.2, 0) is 20.7 Å². The Kier molecular flexibility index (Phi) is 4.92. The van der Waals surface area contributed by atoms with Gasteiger partial charge >= 0.3 is 5.97 Å². The molecule has 0 spiro atoms. The first kappa shape index (κ1) is 16.6. The molecule has 0 bridgehead atoms. The lowest BCUT2D eigenvalue weighted by molar-refractivity contribution is -0.156. The number of methoxy groups -OCH3 is 2. The number of rotatable bonds is 3. The predicted molar refractivity (Wildman–Crippen MR) is 87.1 cm³/mol. The molecule has 6 heteroatoms. The van der Waals surface area contributed by atoms with Gasteiger partial charge in [0.2, 0.25) is 5.91 Å². The molecule has 1 aromatic carbocycles. The molecule has 0 saturated carbocycles. The quantitative estimate of drug-likeness (QED) is 0.789. The Morgan fingerprint density at radius 3 is 2.83 bits per heavy atom. The van der Waals surface area contributed by atoms with E-state index in [1.54, 1.807) is 12.0 Å². The molecule has 2 unspecified atom stereocenters. The van der Waals surface area contributed by atoms with Crippen LogP contribution in [0.5, 0.6) is 11.5 Å². The van der Waals surface area contributed by atoms with Gasteiger partial charge in [-0.1, -0.05) is 6.07 Å². The van der Waals surface area contributed by atoms with E-state index in [2.05, 4.69) is 0 Å². The fourth-order valence-corrected chi connectivity index (χ4v) is 3.45. The summed E-state index contributed by atoms with van der Waals surface area (Å²) in [4.78, 5) is 26.6. The van der Waals surface area contributed by atoms with Crippen LogP contribution in [0.2, 0.25) is 0 Å². The molecular weight excluding hydrogens is 310 g/mol. The zero-order chi connectivity index (χ0) is 17.1. The van der Waals surface area contributed by atoms with E-state index in [0.717, 1.165) is 29.9 Å². The highest BCUT2D eigenvalue weighted by Crippen LogP contribution is 2.32. The average Bonchev–Trinajstić information content (AvgIpc) is 2.65. The maximum Gasteiger partial charge on any atom is 0.328 e. The first-order valence-corrected chi connectivity index (χ1v) is 8.32. The van der Waals surface area contributed by atoms with Crippen molar-refractivity contribution in [2.45, 2.75) is 31.7 Å². The number of piperidine rings is 1. The lowest BCUT2D eigenvalue weighted by Crippen LogP contribution is -2.52. The van der Waals surface area contributed by atoms with Crippen LogP contribution in [0.4, 0.5) is 0 Å². The van der Waals surface area contributed by atoms with Crippen LogP contribution in [-0.4, -0.2) is 50.2 Å². The van der Waals surface area contributed by atoms with Crippen LogP contribution >= 0.6 is 0 Å². The molecule has 1 fully saturated rings. The number of amides is 1. The standard InChI is InChI=1S/C18H23NO5/c1-22-14-7-6-12-9-13(11-24-16(12)10-14)17(20)19-8-4-3-5-15(19)18(21)23-2/h6-7,10,13,15H,3-5,8-9,11H2,1-2H3. The topological polar surface area (TPSA) is 65.1 Å². The van der Waals surface area contributed by atoms with Gasteiger partial charge in [0.05, 0.1) is 20.1 Å². The van der Waals surface area contributed by atoms with E-state index in [0.29, 0.717) is 26.0 Å². The number of hydrogen-bond donors (Lipinski definition) is 0. The SMILES string of the molecule is COC(=O)C1CCCCN1C(=O)C1COc2cc(OC)ccc2C1. The lowest BCUT2D eigenvalue weighted by Gasteiger charge is -2.37. The summed E-state index contributed by atoms with van der Waals surface area (Å²) in [5.74, 6) is 0.884. The van der Waals surface area contributed by atoms with Gasteiger partial charge in [0.1, 0.15) is 24.1 Å². The molecule has 2 heterocycles. The molecule has 0 aliphatic carbocycles. The fourth-order valence-electron chi connectivity index (χ4n) is 3.45. The average molecular weight is 333 g/mol. The highest BCUT2D eigenvalue weighted by molar-refractivity contribution is 5.86. The molecule has 2 aliphatic heterocycles. The molecule has 0 radical (unpaired) electrons. The number of carbonyl (C=O) groups is 2. The van der Waals surface area contributed by atoms with E-state index < -0.39 is 6.04 Å². The van der Waals surface area contributed by atoms with E-state index >= 15 is 0 Å². The first-order chi connectivity index (χ1) is 11.6. The molecule has 1 amide bonds. The van der Waals surface area contributed by atoms with Crippen molar-refractivity contribution in [2.75, 3.05) is 27.4 Å². The van der Waals surface area contributed by atoms with Crippen molar-refractivity contribution in [3.05, 3.63) is 23.8 Å². The van der Waals surface area contributed by atoms with Gasteiger partial charge in [0, 0.05) is 12.6 Å². The van der Waals surface area contributed by atoms with Crippen molar-refractivity contribution in [1.29, 1.82) is 0 Å². The second kappa shape index (κ2) is 7.11. The number of esters is 1. The van der Waals surface area contributed by atoms with Crippen LogP contribution in [0.1, 0.15) is 24.8 Å². The van der Waals surface area contributed by atoms with Crippen molar-refractivity contribution in [3.8, 4) is 11.5 Å². The molecule has 1 aromatic rings. The summed E-state index contributed by atoms with van der Waals surface area (Å²) in [6.45, 7) is 0.925. The van der Waals surface area contributed by atoms with Gasteiger partial charge in [-0.25, -0.2) is 4.79 Å². The second-order valence-corrected chi connectivity index (χ2v) is 6.25. The van der Waals surface area contributed by atoms with Gasteiger partial charge in [-0.3, -0.25) is 4.79 Å². The number of ether oxygens (including phenoxy) is 3. The first-order valence-electron chi connectivity index (χ1n) is 8.32. The monoisotopic (exact) mass is 333 g/mol. The summed E-state index contributed by atoms with van der Waals surface area (Å²) < 4.78 is 15.8. The summed E-state index contributed by atoms with van der Waals surface area (Å²) in [7, 11) is 2.98. The van der Waals surface area contributed by atoms with Gasteiger partial charge in [-0.2, -0.15) is 0 Å². The molecular formula is C18H23NO5. The summed E-state index contributed by atoms with van der Waals surface area (Å²) in [5, 5.41) is 0. The van der Waals surface area contributed by atoms with Crippen LogP contribution in [0.3, 0.4) is 0 Å². The third-order valence-electron chi connectivity index (χ3n) is 4.79. The van der Waals surface area contributed by atoms with Crippen molar-refractivity contribution >= 4 is 11.9 Å². The zero-order valence-electron chi connectivity index (χ0n) is 14.1. The maximum atomic E-state index is 12.9. The van der Waals surface area contributed by atoms with Gasteiger partial charge in [-0.05, 0) is 37.3 Å². The fraction of sp³-hybridized carbons (Fsp3) is 0.556. The van der Waals surface area contributed by atoms with E-state index in [9.17, 15) is 9.59 Å². The molecule has 1 saturated heterocycles. The summed E-state index contributed by atoms with van der Waals surface area (Å²) in [5.41, 5.74) is 0.993. The highest BCUT2D eigenvalue weighted by atomic mass is 16.5. The Labute approximate surface area is 141 Å². The minimum absolute atomic E-state index is 0.0217. The number of hydrogen-bond acceptors (Lipinski definition) is 5. The molecule has 3 rings (SSSR count). The van der Waals surface area contributed by atoms with Gasteiger partial charge in [0.15, 0.2) is 0 Å². The summed E-state index contributed by atoms with van der Waals surface area (Å²) >= 11 is 0. The summed E-state index contributed by atoms with van der Waals surface area (Å²) in [6, 6.07) is 5.18. The van der Waals surface area contributed by atoms with E-state index in [1.165, 1.54) is 7.11 Å². The van der Waals surface area contributed by atoms with E-state index in [1.807, 2.05) is 18.2 Å². The zero-order valence-corrected chi connectivity index (χ0v) is 14.1. The minimum Gasteiger partial charge on any atom is -0.497 e. The van der Waals surface area contributed by atoms with E-state index in [-0.39, 0.29) is 17.8 Å². The number of carbonyl (C=O) groups excluding carboxylic acids is 2. The normalized spacial score (nSPS) is 23.0. The van der Waals surface area contributed by atoms with Crippen LogP contribution < -0.4 is 9.47 Å². The third-order valence-corrected chi connectivity index (χ3v) is 4.79. The van der Waals surface area contributed by atoms with Crippen LogP contribution in [0.15, 0.2) is 18.2 Å². The van der Waals surface area contributed by atoms with Crippen molar-refractivity contribution in [1.82, 2.24) is 4.90 Å². The molecule has 0 N–H and O–H groups in total. The Morgan fingerprint density at radius 1 is 1.25 bits per heavy atom. The number of likely N-dealkylation sites (tertiary alicyclic amines) is 1. The third kappa shape index (κ3) is 3.18. The Morgan fingerprint density at radius 2 is 2.08 bits per heavy atom. The minimum atomic E-state index is -0.464.